The summed E-state index contributed by atoms with van der Waals surface area (Å²) in [7, 11) is 0. The van der Waals surface area contributed by atoms with Crippen LogP contribution in [-0.4, -0.2) is 30.6 Å². The molecule has 0 amide bonds. The van der Waals surface area contributed by atoms with Crippen molar-refractivity contribution >= 4 is 5.97 Å². The van der Waals surface area contributed by atoms with Gasteiger partial charge < -0.3 is 14.2 Å². The summed E-state index contributed by atoms with van der Waals surface area (Å²) in [5.41, 5.74) is 2.25. The molecular weight excluding hydrogens is 460 g/mol. The third-order valence-corrected chi connectivity index (χ3v) is 12.6. The van der Waals surface area contributed by atoms with E-state index in [1.54, 1.807) is 5.57 Å². The number of carbonyl (C=O) groups is 1. The van der Waals surface area contributed by atoms with E-state index in [0.29, 0.717) is 35.7 Å². The van der Waals surface area contributed by atoms with Crippen molar-refractivity contribution in [1.29, 1.82) is 0 Å². The fraction of sp³-hybridized carbons (Fsp3) is 0.909. The second-order valence-corrected chi connectivity index (χ2v) is 14.6. The van der Waals surface area contributed by atoms with E-state index in [0.717, 1.165) is 62.9 Å². The van der Waals surface area contributed by atoms with Crippen LogP contribution in [0.25, 0.3) is 0 Å². The highest BCUT2D eigenvalue weighted by Crippen LogP contribution is 2.70. The number of unbranched alkanes of at least 4 members (excludes halogenated alkanes) is 2. The largest absolute Gasteiger partial charge is 0.462 e. The van der Waals surface area contributed by atoms with Crippen LogP contribution in [0.1, 0.15) is 118 Å². The number of hydrogen-bond donors (Lipinski definition) is 0. The molecule has 0 radical (unpaired) electrons. The number of fused-ring (bicyclic) bond motifs is 7. The Morgan fingerprint density at radius 2 is 1.92 bits per heavy atom. The Morgan fingerprint density at radius 3 is 2.68 bits per heavy atom. The lowest BCUT2D eigenvalue weighted by Crippen LogP contribution is -2.52. The molecular formula is C33H52O4. The second-order valence-electron chi connectivity index (χ2n) is 14.6. The molecule has 6 rings (SSSR count). The van der Waals surface area contributed by atoms with Crippen molar-refractivity contribution < 1.29 is 19.0 Å². The van der Waals surface area contributed by atoms with Gasteiger partial charge in [0.15, 0.2) is 5.79 Å². The molecule has 4 heteroatoms. The van der Waals surface area contributed by atoms with E-state index in [1.807, 2.05) is 0 Å². The first-order chi connectivity index (χ1) is 17.7. The van der Waals surface area contributed by atoms with E-state index in [2.05, 4.69) is 40.7 Å². The number of carbonyl (C=O) groups excluding carboxylic acids is 1. The van der Waals surface area contributed by atoms with Gasteiger partial charge in [0, 0.05) is 25.2 Å². The van der Waals surface area contributed by atoms with Gasteiger partial charge in [-0.1, -0.05) is 59.1 Å². The van der Waals surface area contributed by atoms with Gasteiger partial charge in [-0.15, -0.1) is 0 Å². The number of esters is 1. The molecule has 11 unspecified atom stereocenters. The highest BCUT2D eigenvalue weighted by Gasteiger charge is 2.68. The fourth-order valence-corrected chi connectivity index (χ4v) is 10.5. The lowest BCUT2D eigenvalue weighted by molar-refractivity contribution is -0.272. The Morgan fingerprint density at radius 1 is 1.08 bits per heavy atom. The number of hydrogen-bond acceptors (Lipinski definition) is 4. The maximum Gasteiger partial charge on any atom is 0.306 e. The van der Waals surface area contributed by atoms with E-state index in [4.69, 9.17) is 14.2 Å². The van der Waals surface area contributed by atoms with Crippen LogP contribution in [0.3, 0.4) is 0 Å². The van der Waals surface area contributed by atoms with Crippen molar-refractivity contribution in [1.82, 2.24) is 0 Å². The molecule has 0 aromatic rings. The summed E-state index contributed by atoms with van der Waals surface area (Å²) in [6.45, 7) is 13.0. The third-order valence-electron chi connectivity index (χ3n) is 12.6. The van der Waals surface area contributed by atoms with E-state index >= 15 is 0 Å². The quantitative estimate of drug-likeness (QED) is 0.214. The van der Waals surface area contributed by atoms with Gasteiger partial charge in [0.2, 0.25) is 0 Å². The van der Waals surface area contributed by atoms with Gasteiger partial charge >= 0.3 is 5.97 Å². The van der Waals surface area contributed by atoms with Crippen LogP contribution in [0.15, 0.2) is 11.6 Å². The van der Waals surface area contributed by atoms with Crippen LogP contribution in [0.2, 0.25) is 0 Å². The maximum atomic E-state index is 12.4. The van der Waals surface area contributed by atoms with Gasteiger partial charge in [0.05, 0.1) is 12.7 Å². The lowest BCUT2D eigenvalue weighted by Gasteiger charge is -2.58. The van der Waals surface area contributed by atoms with E-state index in [-0.39, 0.29) is 23.3 Å². The predicted molar refractivity (Wildman–Crippen MR) is 146 cm³/mol. The first-order valence-electron chi connectivity index (χ1n) is 15.9. The molecule has 11 atom stereocenters. The second kappa shape index (κ2) is 9.65. The third kappa shape index (κ3) is 4.17. The maximum absolute atomic E-state index is 12.4. The number of rotatable bonds is 5. The van der Waals surface area contributed by atoms with E-state index in [9.17, 15) is 4.79 Å². The molecule has 4 aliphatic carbocycles. The van der Waals surface area contributed by atoms with Crippen molar-refractivity contribution in [2.75, 3.05) is 6.61 Å². The molecule has 0 bridgehead atoms. The minimum absolute atomic E-state index is 0.0190. The average Bonchev–Trinajstić information content (AvgIpc) is 3.31. The zero-order chi connectivity index (χ0) is 26.0. The first kappa shape index (κ1) is 26.4. The molecule has 0 aromatic carbocycles. The van der Waals surface area contributed by atoms with Crippen LogP contribution in [0.5, 0.6) is 0 Å². The predicted octanol–water partition coefficient (Wildman–Crippen LogP) is 7.85. The lowest BCUT2D eigenvalue weighted by atomic mass is 9.47. The molecule has 2 heterocycles. The SMILES string of the molecule is CCCCCC(=O)OC1CCC2(C)C(=CCC3C2CCC2(C)C3CC3OC4(CCC(C)CO4)C(C)C32)C1. The molecule has 208 valence electrons. The monoisotopic (exact) mass is 512 g/mol. The highest BCUT2D eigenvalue weighted by atomic mass is 16.7. The first-order valence-corrected chi connectivity index (χ1v) is 15.9. The van der Waals surface area contributed by atoms with Gasteiger partial charge in [0.25, 0.3) is 0 Å². The van der Waals surface area contributed by atoms with Gasteiger partial charge in [-0.05, 0) is 91.8 Å². The van der Waals surface area contributed by atoms with Crippen molar-refractivity contribution in [2.45, 2.75) is 136 Å². The summed E-state index contributed by atoms with van der Waals surface area (Å²) in [6.07, 6.45) is 17.4. The molecule has 1 spiro atoms. The molecule has 6 aliphatic rings. The Bertz CT molecular complexity index is 902. The molecule has 0 aromatic heterocycles. The Hall–Kier alpha value is -0.870. The Labute approximate surface area is 225 Å². The number of allylic oxidation sites excluding steroid dienone is 1. The zero-order valence-corrected chi connectivity index (χ0v) is 24.2. The van der Waals surface area contributed by atoms with Gasteiger partial charge in [-0.3, -0.25) is 4.79 Å². The summed E-state index contributed by atoms with van der Waals surface area (Å²) in [4.78, 5) is 12.4. The highest BCUT2D eigenvalue weighted by molar-refractivity contribution is 5.69. The van der Waals surface area contributed by atoms with Crippen LogP contribution in [0.4, 0.5) is 0 Å². The Balaban J connectivity index is 1.15. The standard InChI is InChI=1S/C33H52O4/c1-6-7-8-9-29(34)36-24-13-15-31(4)23(18-24)10-11-25-26(31)14-16-32(5)27(25)19-28-30(32)22(3)33(37-28)17-12-21(2)20-35-33/h10,21-22,24-28,30H,6-9,11-20H2,1-5H3. The van der Waals surface area contributed by atoms with Gasteiger partial charge in [-0.2, -0.15) is 0 Å². The number of ether oxygens (including phenoxy) is 3. The minimum atomic E-state index is -0.315. The van der Waals surface area contributed by atoms with Crippen LogP contribution in [0, 0.1) is 46.3 Å². The van der Waals surface area contributed by atoms with Gasteiger partial charge in [-0.25, -0.2) is 0 Å². The van der Waals surface area contributed by atoms with Gasteiger partial charge in [0.1, 0.15) is 6.10 Å². The summed E-state index contributed by atoms with van der Waals surface area (Å²) >= 11 is 0. The van der Waals surface area contributed by atoms with Crippen molar-refractivity contribution in [2.24, 2.45) is 46.3 Å². The molecule has 2 saturated heterocycles. The van der Waals surface area contributed by atoms with Crippen molar-refractivity contribution in [3.05, 3.63) is 11.6 Å². The topological polar surface area (TPSA) is 44.8 Å². The van der Waals surface area contributed by atoms with E-state index in [1.165, 1.54) is 38.5 Å². The molecule has 3 saturated carbocycles. The molecule has 4 nitrogen and oxygen atoms in total. The van der Waals surface area contributed by atoms with E-state index < -0.39 is 0 Å². The Kier molecular flexibility index (Phi) is 6.87. The minimum Gasteiger partial charge on any atom is -0.462 e. The molecule has 0 N–H and O–H groups in total. The summed E-state index contributed by atoms with van der Waals surface area (Å²) in [5, 5.41) is 0. The van der Waals surface area contributed by atoms with Crippen LogP contribution in [-0.2, 0) is 19.0 Å². The summed E-state index contributed by atoms with van der Waals surface area (Å²) in [5.74, 6) is 3.77. The van der Waals surface area contributed by atoms with Crippen molar-refractivity contribution in [3.63, 3.8) is 0 Å². The summed E-state index contributed by atoms with van der Waals surface area (Å²) < 4.78 is 19.4. The van der Waals surface area contributed by atoms with Crippen LogP contribution >= 0.6 is 0 Å². The normalized spacial score (nSPS) is 50.6. The van der Waals surface area contributed by atoms with Crippen molar-refractivity contribution in [3.8, 4) is 0 Å². The fourth-order valence-electron chi connectivity index (χ4n) is 10.5. The summed E-state index contributed by atoms with van der Waals surface area (Å²) in [6, 6.07) is 0. The zero-order valence-electron chi connectivity index (χ0n) is 24.2. The molecule has 37 heavy (non-hydrogen) atoms. The average molecular weight is 513 g/mol. The smallest absolute Gasteiger partial charge is 0.306 e. The molecule has 5 fully saturated rings. The van der Waals surface area contributed by atoms with Crippen LogP contribution < -0.4 is 0 Å². The molecule has 2 aliphatic heterocycles.